The fourth-order valence-electron chi connectivity index (χ4n) is 5.26. The molecule has 8 N–H and O–H groups in total. The van der Waals surface area contributed by atoms with Gasteiger partial charge in [-0.2, -0.15) is 9.36 Å². The fourth-order valence-corrected chi connectivity index (χ4v) is 7.02. The Kier molecular flexibility index (Phi) is 8.78. The molecule has 1 aromatic carbocycles. The number of amides is 2. The summed E-state index contributed by atoms with van der Waals surface area (Å²) < 4.78 is 24.0. The quantitative estimate of drug-likeness (QED) is 0.0369. The second kappa shape index (κ2) is 12.9. The van der Waals surface area contributed by atoms with E-state index in [1.165, 1.54) is 31.7 Å². The third-order valence-electron chi connectivity index (χ3n) is 7.93. The summed E-state index contributed by atoms with van der Waals surface area (Å²) in [6.45, 7) is 2.71. The van der Waals surface area contributed by atoms with E-state index < -0.39 is 52.3 Å². The number of thioether (sulfide) groups is 1. The van der Waals surface area contributed by atoms with Crippen LogP contribution >= 0.6 is 23.3 Å². The zero-order valence-electron chi connectivity index (χ0n) is 26.2. The van der Waals surface area contributed by atoms with Gasteiger partial charge in [0, 0.05) is 28.4 Å². The molecule has 0 saturated carbocycles. The lowest BCUT2D eigenvalue weighted by atomic mass is 10.0. The van der Waals surface area contributed by atoms with Gasteiger partial charge in [-0.05, 0) is 25.5 Å². The van der Waals surface area contributed by atoms with Crippen LogP contribution in [0.4, 0.5) is 9.52 Å². The molecule has 0 spiro atoms. The molecule has 0 bridgehead atoms. The fraction of sp³-hybridized carbons (Fsp3) is 0.276. The number of anilines is 1. The number of aromatic nitrogens is 5. The van der Waals surface area contributed by atoms with Crippen molar-refractivity contribution in [3.63, 3.8) is 0 Å². The average molecular weight is 727 g/mol. The van der Waals surface area contributed by atoms with Crippen LogP contribution in [-0.2, 0) is 37.1 Å². The van der Waals surface area contributed by atoms with Crippen LogP contribution in [0, 0.1) is 11.2 Å². The van der Waals surface area contributed by atoms with Crippen molar-refractivity contribution >= 4 is 69.4 Å². The number of nitrogens with two attached hydrogens (primary N) is 2. The molecule has 2 atom stereocenters. The highest BCUT2D eigenvalue weighted by molar-refractivity contribution is 8.00. The molecule has 0 aliphatic carbocycles. The zero-order valence-corrected chi connectivity index (χ0v) is 27.9. The van der Waals surface area contributed by atoms with E-state index in [0.717, 1.165) is 16.4 Å². The van der Waals surface area contributed by atoms with Crippen molar-refractivity contribution in [1.82, 2.24) is 28.8 Å². The molecule has 260 valence electrons. The van der Waals surface area contributed by atoms with Crippen molar-refractivity contribution in [2.75, 3.05) is 11.5 Å². The molecular weight excluding hydrogens is 698 g/mol. The number of benzene rings is 1. The van der Waals surface area contributed by atoms with E-state index in [-0.39, 0.29) is 46.9 Å². The number of carbonyl (C=O) groups excluding carboxylic acids is 2. The summed E-state index contributed by atoms with van der Waals surface area (Å²) in [6, 6.07) is 4.97. The lowest BCUT2D eigenvalue weighted by Crippen LogP contribution is -2.71. The van der Waals surface area contributed by atoms with E-state index in [1.54, 1.807) is 50.6 Å². The first-order chi connectivity index (χ1) is 23.7. The van der Waals surface area contributed by atoms with Gasteiger partial charge in [0.1, 0.15) is 41.5 Å². The molecule has 5 heterocycles. The number of halogens is 1. The molecule has 21 heteroatoms. The number of β-lactam (4-membered cyclic amide) rings is 1. The molecule has 3 aromatic heterocycles. The number of nitrogen functional groups attached to an aromatic ring is 2. The number of aliphatic carboxylic acids is 2. The van der Waals surface area contributed by atoms with Gasteiger partial charge in [0.2, 0.25) is 17.1 Å². The lowest BCUT2D eigenvalue weighted by molar-refractivity contribution is -0.662. The van der Waals surface area contributed by atoms with Gasteiger partial charge in [0.05, 0.1) is 18.8 Å². The van der Waals surface area contributed by atoms with Gasteiger partial charge in [-0.25, -0.2) is 23.2 Å². The molecule has 1 fully saturated rings. The van der Waals surface area contributed by atoms with Gasteiger partial charge in [0.25, 0.3) is 11.8 Å². The standard InChI is InChI=1S/C29H28FN11O7S2/c1-29(2,27(46)47)48-36-18(22-35-28(33)50-37-22)23(42)34-19-24(43)41-20(26(44)45)15(12-49-25(19)41)11-39-6-5-17-38(7-8-40(17)39)10-14-4-3-13(21(31)32)9-16(14)30/h3-9,19,25H,10-12H2,1-2H3,(H7-,31,32,33,34,35,37,42,44,45,46,47)/p+1/b36-18-/t19-,25-/m1/s1. The molecule has 4 aromatic rings. The van der Waals surface area contributed by atoms with Crippen molar-refractivity contribution in [2.24, 2.45) is 10.9 Å². The number of nitrogens with zero attached hydrogens (tertiary/aromatic N) is 7. The summed E-state index contributed by atoms with van der Waals surface area (Å²) in [5.74, 6) is -5.12. The Bertz CT molecular complexity index is 2150. The average Bonchev–Trinajstić information content (AvgIpc) is 3.78. The van der Waals surface area contributed by atoms with E-state index in [9.17, 15) is 33.8 Å². The maximum Gasteiger partial charge on any atom is 0.352 e. The highest BCUT2D eigenvalue weighted by atomic mass is 32.2. The Labute approximate surface area is 289 Å². The number of imidazole rings is 1. The van der Waals surface area contributed by atoms with Gasteiger partial charge >= 0.3 is 17.6 Å². The van der Waals surface area contributed by atoms with E-state index in [1.807, 2.05) is 0 Å². The minimum Gasteiger partial charge on any atom is -0.478 e. The molecule has 0 radical (unpaired) electrons. The van der Waals surface area contributed by atoms with Gasteiger partial charge < -0.3 is 31.8 Å². The minimum atomic E-state index is -1.82. The summed E-state index contributed by atoms with van der Waals surface area (Å²) >= 11 is 2.00. The molecule has 2 aliphatic heterocycles. The smallest absolute Gasteiger partial charge is 0.352 e. The number of oxime groups is 1. The summed E-state index contributed by atoms with van der Waals surface area (Å²) in [4.78, 5) is 60.8. The largest absolute Gasteiger partial charge is 0.478 e. The lowest BCUT2D eigenvalue weighted by Gasteiger charge is -2.49. The second-order valence-corrected chi connectivity index (χ2v) is 13.6. The maximum absolute atomic E-state index is 14.7. The van der Waals surface area contributed by atoms with Gasteiger partial charge in [-0.15, -0.1) is 16.3 Å². The van der Waals surface area contributed by atoms with Crippen LogP contribution in [0.3, 0.4) is 0 Å². The third-order valence-corrected chi connectivity index (χ3v) is 9.81. The SMILES string of the molecule is CC(C)(O/N=C(\C(=O)N[C@@H]1C(=O)N2C(C(=O)O)=C(Cn3ccc4n3cc[n+]4Cc3ccc(C(=N)N)cc3F)CS[C@H]12)c1nsc(N)n1)C(=O)O. The number of carboxylic acid groups (broad SMARTS) is 2. The van der Waals surface area contributed by atoms with Crippen LogP contribution in [-0.4, -0.2) is 91.7 Å². The first-order valence-electron chi connectivity index (χ1n) is 14.6. The summed E-state index contributed by atoms with van der Waals surface area (Å²) in [6.07, 6.45) is 5.22. The number of carbonyl (C=O) groups is 4. The summed E-state index contributed by atoms with van der Waals surface area (Å²) in [5, 5.41) is 32.5. The summed E-state index contributed by atoms with van der Waals surface area (Å²) in [5.41, 5.74) is 10.3. The van der Waals surface area contributed by atoms with Gasteiger partial charge in [0.15, 0.2) is 11.3 Å². The Morgan fingerprint density at radius 3 is 2.66 bits per heavy atom. The number of hydrogen-bond donors (Lipinski definition) is 6. The number of hydrogen-bond acceptors (Lipinski definition) is 12. The monoisotopic (exact) mass is 726 g/mol. The van der Waals surface area contributed by atoms with E-state index >= 15 is 0 Å². The van der Waals surface area contributed by atoms with Crippen molar-refractivity contribution in [2.45, 2.75) is 44.0 Å². The molecule has 18 nitrogen and oxygen atoms in total. The first kappa shape index (κ1) is 34.0. The Morgan fingerprint density at radius 2 is 2.02 bits per heavy atom. The van der Waals surface area contributed by atoms with Gasteiger partial charge in [-0.3, -0.25) is 19.9 Å². The van der Waals surface area contributed by atoms with Crippen LogP contribution in [0.25, 0.3) is 5.65 Å². The van der Waals surface area contributed by atoms with E-state index in [0.29, 0.717) is 16.8 Å². The molecular formula is C29H29FN11O7S2+. The molecule has 50 heavy (non-hydrogen) atoms. The van der Waals surface area contributed by atoms with Crippen molar-refractivity contribution in [3.05, 3.63) is 76.9 Å². The van der Waals surface area contributed by atoms with Crippen LogP contribution in [0.5, 0.6) is 0 Å². The van der Waals surface area contributed by atoms with Gasteiger partial charge in [-0.1, -0.05) is 17.3 Å². The molecule has 1 saturated heterocycles. The highest BCUT2D eigenvalue weighted by Gasteiger charge is 2.54. The Balaban J connectivity index is 1.20. The number of nitrogens with one attached hydrogen (secondary N) is 2. The Hall–Kier alpha value is -5.83. The second-order valence-electron chi connectivity index (χ2n) is 11.7. The number of fused-ring (bicyclic) bond motifs is 2. The normalized spacial score (nSPS) is 17.8. The van der Waals surface area contributed by atoms with Crippen LogP contribution < -0.4 is 21.4 Å². The highest BCUT2D eigenvalue weighted by Crippen LogP contribution is 2.40. The third kappa shape index (κ3) is 6.22. The predicted octanol–water partition coefficient (Wildman–Crippen LogP) is -0.0438. The molecule has 2 aliphatic rings. The topological polar surface area (TPSA) is 260 Å². The van der Waals surface area contributed by atoms with E-state index in [2.05, 4.69) is 19.8 Å². The molecule has 0 unspecified atom stereocenters. The predicted molar refractivity (Wildman–Crippen MR) is 175 cm³/mol. The van der Waals surface area contributed by atoms with Crippen LogP contribution in [0.1, 0.15) is 30.8 Å². The first-order valence-corrected chi connectivity index (χ1v) is 16.5. The van der Waals surface area contributed by atoms with Crippen LogP contribution in [0.15, 0.2) is 59.3 Å². The van der Waals surface area contributed by atoms with Crippen molar-refractivity contribution in [1.29, 1.82) is 5.41 Å². The minimum absolute atomic E-state index is 0.000436. The number of carboxylic acids is 2. The van der Waals surface area contributed by atoms with Crippen molar-refractivity contribution in [3.8, 4) is 0 Å². The van der Waals surface area contributed by atoms with E-state index in [4.69, 9.17) is 21.7 Å². The van der Waals surface area contributed by atoms with Crippen molar-refractivity contribution < 1.29 is 43.2 Å². The maximum atomic E-state index is 14.7. The zero-order chi connectivity index (χ0) is 36.1. The van der Waals surface area contributed by atoms with Crippen LogP contribution in [0.2, 0.25) is 0 Å². The number of amidine groups is 1. The Morgan fingerprint density at radius 1 is 1.26 bits per heavy atom. The molecule has 2 amide bonds. The number of rotatable bonds is 12. The summed E-state index contributed by atoms with van der Waals surface area (Å²) in [7, 11) is 0. The molecule has 6 rings (SSSR count).